The molecule has 0 aliphatic rings. The van der Waals surface area contributed by atoms with Crippen molar-refractivity contribution in [1.82, 2.24) is 9.55 Å². The molecule has 37 heavy (non-hydrogen) atoms. The molecule has 0 N–H and O–H groups in total. The molecule has 1 aromatic heterocycles. The van der Waals surface area contributed by atoms with E-state index in [1.54, 1.807) is 0 Å². The maximum atomic E-state index is 6.12. The summed E-state index contributed by atoms with van der Waals surface area (Å²) >= 11 is 0. The first-order valence-electron chi connectivity index (χ1n) is 12.9. The quantitative estimate of drug-likeness (QED) is 0.231. The molecule has 0 fully saturated rings. The first-order valence-corrected chi connectivity index (χ1v) is 14.3. The van der Waals surface area contributed by atoms with E-state index in [9.17, 15) is 0 Å². The normalized spacial score (nSPS) is 11.9. The number of rotatable bonds is 6. The number of benzene rings is 4. The summed E-state index contributed by atoms with van der Waals surface area (Å²) in [6.07, 6.45) is 5.97. The van der Waals surface area contributed by atoms with Gasteiger partial charge in [-0.25, -0.2) is 4.98 Å². The third-order valence-electron chi connectivity index (χ3n) is 6.55. The summed E-state index contributed by atoms with van der Waals surface area (Å²) < 4.78 is 2.31. The van der Waals surface area contributed by atoms with Gasteiger partial charge in [0, 0.05) is 12.4 Å². The van der Waals surface area contributed by atoms with Crippen LogP contribution in [0.5, 0.6) is 0 Å². The van der Waals surface area contributed by atoms with Crippen molar-refractivity contribution in [2.75, 3.05) is 0 Å². The van der Waals surface area contributed by atoms with Gasteiger partial charge in [-0.2, -0.15) is 0 Å². The summed E-state index contributed by atoms with van der Waals surface area (Å²) in [6, 6.07) is 42.0. The van der Waals surface area contributed by atoms with Gasteiger partial charge in [0.1, 0.15) is 0 Å². The topological polar surface area (TPSA) is 17.8 Å². The molecule has 2 nitrogen and oxygen atoms in total. The first-order chi connectivity index (χ1) is 17.9. The highest BCUT2D eigenvalue weighted by molar-refractivity contribution is 6.45. The average molecular weight is 499 g/mol. The number of hydrogen-bond donors (Lipinski definition) is 0. The third-order valence-corrected chi connectivity index (χ3v) is 9.31. The number of imidazole rings is 1. The minimum absolute atomic E-state index is 0.0163. The van der Waals surface area contributed by atoms with Crippen LogP contribution in [0.2, 0.25) is 5.04 Å². The van der Waals surface area contributed by atoms with E-state index in [1.165, 1.54) is 11.1 Å². The van der Waals surface area contributed by atoms with Crippen LogP contribution in [0, 0.1) is 0 Å². The van der Waals surface area contributed by atoms with E-state index in [0.29, 0.717) is 5.04 Å². The fourth-order valence-corrected chi connectivity index (χ4v) is 7.74. The van der Waals surface area contributed by atoms with Crippen LogP contribution >= 0.6 is 0 Å². The van der Waals surface area contributed by atoms with Crippen molar-refractivity contribution in [2.45, 2.75) is 36.8 Å². The Balaban J connectivity index is 0.000000195. The molecule has 184 valence electrons. The minimum Gasteiger partial charge on any atom is -0.327 e. The summed E-state index contributed by atoms with van der Waals surface area (Å²) in [4.78, 5) is 4.35. The van der Waals surface area contributed by atoms with E-state index in [2.05, 4.69) is 121 Å². The monoisotopic (exact) mass is 498 g/mol. The Morgan fingerprint density at radius 3 is 1.41 bits per heavy atom. The lowest BCUT2D eigenvalue weighted by Crippen LogP contribution is -2.45. The molecule has 0 aliphatic carbocycles. The summed E-state index contributed by atoms with van der Waals surface area (Å²) in [5, 5.41) is 0.188. The van der Waals surface area contributed by atoms with Crippen LogP contribution in [0.25, 0.3) is 0 Å². The van der Waals surface area contributed by atoms with Crippen LogP contribution in [0.4, 0.5) is 0 Å². The van der Waals surface area contributed by atoms with Gasteiger partial charge in [-0.1, -0.05) is 142 Å². The predicted octanol–water partition coefficient (Wildman–Crippen LogP) is 6.96. The average Bonchev–Trinajstić information content (AvgIpc) is 3.49. The highest BCUT2D eigenvalue weighted by atomic mass is 28.2. The fraction of sp³-hybridized carbons (Fsp3) is 0.182. The van der Waals surface area contributed by atoms with E-state index in [4.69, 9.17) is 7.85 Å². The lowest BCUT2D eigenvalue weighted by Gasteiger charge is -2.41. The van der Waals surface area contributed by atoms with Gasteiger partial charge < -0.3 is 4.57 Å². The molecular formula is C33H35BN2Si. The second kappa shape index (κ2) is 12.1. The maximum Gasteiger partial charge on any atom is 0.0953 e. The van der Waals surface area contributed by atoms with E-state index in [1.807, 2.05) is 48.9 Å². The van der Waals surface area contributed by atoms with Gasteiger partial charge in [0.2, 0.25) is 0 Å². The maximum absolute atomic E-state index is 6.12. The molecule has 4 heteroatoms. The molecule has 5 rings (SSSR count). The predicted molar refractivity (Wildman–Crippen MR) is 160 cm³/mol. The molecule has 0 spiro atoms. The largest absolute Gasteiger partial charge is 0.327 e. The second-order valence-electron chi connectivity index (χ2n) is 10.6. The Kier molecular flexibility index (Phi) is 8.63. The molecule has 4 aromatic carbocycles. The highest BCUT2D eigenvalue weighted by Gasteiger charge is 2.39. The molecule has 0 unspecified atom stereocenters. The van der Waals surface area contributed by atoms with Gasteiger partial charge in [0.15, 0.2) is 0 Å². The lowest BCUT2D eigenvalue weighted by atomic mass is 9.76. The zero-order valence-electron chi connectivity index (χ0n) is 22.0. The van der Waals surface area contributed by atoms with E-state index < -0.39 is 9.52 Å². The number of nitrogens with zero attached hydrogens (tertiary/aromatic N) is 2. The lowest BCUT2D eigenvalue weighted by molar-refractivity contribution is 0.564. The highest BCUT2D eigenvalue weighted by Crippen LogP contribution is 2.39. The van der Waals surface area contributed by atoms with Gasteiger partial charge in [-0.15, -0.1) is 0 Å². The van der Waals surface area contributed by atoms with Crippen molar-refractivity contribution in [3.63, 3.8) is 0 Å². The van der Waals surface area contributed by atoms with Crippen molar-refractivity contribution in [3.8, 4) is 0 Å². The van der Waals surface area contributed by atoms with Gasteiger partial charge in [0.05, 0.1) is 28.9 Å². The Labute approximate surface area is 225 Å². The summed E-state index contributed by atoms with van der Waals surface area (Å²) in [5.41, 5.74) is 5.01. The summed E-state index contributed by atoms with van der Waals surface area (Å²) in [5.74, 6) is -0.0163. The van der Waals surface area contributed by atoms with E-state index in [-0.39, 0.29) is 11.0 Å². The van der Waals surface area contributed by atoms with Crippen molar-refractivity contribution in [1.29, 1.82) is 0 Å². The molecule has 0 aliphatic heterocycles. The van der Waals surface area contributed by atoms with Crippen molar-refractivity contribution in [2.24, 2.45) is 0 Å². The Morgan fingerprint density at radius 2 is 1.05 bits per heavy atom. The summed E-state index contributed by atoms with van der Waals surface area (Å²) in [6.45, 7) is 7.07. The number of aromatic nitrogens is 2. The number of hydrogen-bond acceptors (Lipinski definition) is 1. The molecule has 0 bridgehead atoms. The zero-order chi connectivity index (χ0) is 26.1. The van der Waals surface area contributed by atoms with Gasteiger partial charge >= 0.3 is 0 Å². The molecular weight excluding hydrogens is 463 g/mol. The molecule has 0 saturated carbocycles. The van der Waals surface area contributed by atoms with Crippen LogP contribution in [0.3, 0.4) is 0 Å². The van der Waals surface area contributed by atoms with Crippen LogP contribution in [-0.4, -0.2) is 26.9 Å². The third kappa shape index (κ3) is 6.58. The minimum atomic E-state index is -0.586. The van der Waals surface area contributed by atoms with Gasteiger partial charge in [0.25, 0.3) is 0 Å². The Hall–Kier alpha value is -3.63. The van der Waals surface area contributed by atoms with Gasteiger partial charge in [-0.3, -0.25) is 0 Å². The van der Waals surface area contributed by atoms with Crippen LogP contribution in [0.1, 0.15) is 48.8 Å². The Morgan fingerprint density at radius 1 is 0.649 bits per heavy atom. The molecule has 0 saturated heterocycles. The molecule has 2 radical (unpaired) electrons. The van der Waals surface area contributed by atoms with Crippen molar-refractivity contribution < 1.29 is 0 Å². The van der Waals surface area contributed by atoms with Crippen LogP contribution in [-0.2, 0) is 5.16 Å². The fourth-order valence-electron chi connectivity index (χ4n) is 4.95. The van der Waals surface area contributed by atoms with Crippen molar-refractivity contribution in [3.05, 3.63) is 162 Å². The van der Waals surface area contributed by atoms with Gasteiger partial charge in [-0.05, 0) is 33.1 Å². The van der Waals surface area contributed by atoms with Crippen molar-refractivity contribution >= 4 is 17.4 Å². The first kappa shape index (κ1) is 26.4. The molecule has 0 atom stereocenters. The van der Waals surface area contributed by atoms with Crippen LogP contribution < -0.4 is 0 Å². The standard InChI is InChI=1S/C20H24N2Si.C13H11B/c1-19(2,3)23-20(22-15-14-21-16-22,17-10-6-4-7-11-17)18-12-8-5-9-13-18;14-13(11-7-3-1-4-8-11)12-9-5-2-6-10-12/h4-16H,23H2,1-3H3;1-10,13H. The molecule has 1 heterocycles. The van der Waals surface area contributed by atoms with Crippen LogP contribution in [0.15, 0.2) is 140 Å². The smallest absolute Gasteiger partial charge is 0.0953 e. The summed E-state index contributed by atoms with van der Waals surface area (Å²) in [7, 11) is 5.53. The molecule has 0 amide bonds. The zero-order valence-corrected chi connectivity index (χ0v) is 23.4. The van der Waals surface area contributed by atoms with E-state index >= 15 is 0 Å². The second-order valence-corrected chi connectivity index (χ2v) is 14.1. The Bertz CT molecular complexity index is 1240. The SMILES string of the molecule is CC(C)(C)[SiH2]C(c1ccccc1)(c1ccccc1)n1ccnc1.[B]C(c1ccccc1)c1ccccc1. The molecule has 5 aromatic rings. The van der Waals surface area contributed by atoms with E-state index in [0.717, 1.165) is 11.1 Å².